The number of hydrogen-bond donors (Lipinski definition) is 0. The Morgan fingerprint density at radius 1 is 0.688 bits per heavy atom. The smallest absolute Gasteiger partial charge is 0.134 e. The second kappa shape index (κ2) is 11.8. The van der Waals surface area contributed by atoms with E-state index in [1.165, 1.54) is 24.9 Å². The highest BCUT2D eigenvalue weighted by atomic mass is 28.2. The highest BCUT2D eigenvalue weighted by molar-refractivity contribution is 6.37. The van der Waals surface area contributed by atoms with Gasteiger partial charge in [-0.1, -0.05) is 24.9 Å². The zero-order valence-electron chi connectivity index (χ0n) is 11.0. The van der Waals surface area contributed by atoms with Crippen molar-refractivity contribution >= 4 is 19.0 Å². The zero-order valence-corrected chi connectivity index (χ0v) is 13.9. The van der Waals surface area contributed by atoms with Crippen LogP contribution in [0.25, 0.3) is 0 Å². The van der Waals surface area contributed by atoms with Crippen molar-refractivity contribution in [3.8, 4) is 0 Å². The van der Waals surface area contributed by atoms with E-state index < -0.39 is 0 Å². The Bertz CT molecular complexity index is 125. The van der Waals surface area contributed by atoms with Crippen LogP contribution in [0, 0.1) is 0 Å². The summed E-state index contributed by atoms with van der Waals surface area (Å²) in [6.07, 6.45) is 2.59. The lowest BCUT2D eigenvalue weighted by atomic mass is 10.4. The normalized spacial score (nSPS) is 13.1. The van der Waals surface area contributed by atoms with Gasteiger partial charge >= 0.3 is 0 Å². The lowest BCUT2D eigenvalue weighted by molar-refractivity contribution is -0.0445. The van der Waals surface area contributed by atoms with Gasteiger partial charge in [0.1, 0.15) is 11.8 Å². The Morgan fingerprint density at radius 2 is 1.00 bits per heavy atom. The quantitative estimate of drug-likeness (QED) is 0.302. The van der Waals surface area contributed by atoms with Crippen molar-refractivity contribution in [3.63, 3.8) is 0 Å². The van der Waals surface area contributed by atoms with E-state index in [-0.39, 0.29) is 30.9 Å². The first-order chi connectivity index (χ1) is 7.78. The van der Waals surface area contributed by atoms with Gasteiger partial charge in [-0.2, -0.15) is 0 Å². The molecular weight excluding hydrogens is 240 g/mol. The molecule has 0 radical (unpaired) electrons. The van der Waals surface area contributed by atoms with Crippen LogP contribution < -0.4 is 0 Å². The molecule has 0 heterocycles. The maximum atomic E-state index is 5.19. The molecule has 0 aromatic carbocycles. The molecule has 98 valence electrons. The third-order valence-corrected chi connectivity index (χ3v) is 6.77. The van der Waals surface area contributed by atoms with Crippen molar-refractivity contribution in [2.45, 2.75) is 36.8 Å². The molecule has 0 rings (SSSR count). The molecule has 6 heteroatoms. The van der Waals surface area contributed by atoms with Crippen LogP contribution >= 0.6 is 0 Å². The molecule has 0 unspecified atom stereocenters. The van der Waals surface area contributed by atoms with Crippen LogP contribution in [0.4, 0.5) is 0 Å². The molecular formula is C10H26O4Si2. The molecule has 0 aromatic heterocycles. The maximum Gasteiger partial charge on any atom is 0.134 e. The van der Waals surface area contributed by atoms with Crippen LogP contribution in [0.3, 0.4) is 0 Å². The van der Waals surface area contributed by atoms with Crippen molar-refractivity contribution in [2.75, 3.05) is 28.4 Å². The minimum Gasteiger partial charge on any atom is -0.360 e. The zero-order chi connectivity index (χ0) is 12.2. The highest BCUT2D eigenvalue weighted by Crippen LogP contribution is 2.04. The number of hydrogen-bond acceptors (Lipinski definition) is 4. The summed E-state index contributed by atoms with van der Waals surface area (Å²) in [6.45, 7) is 0. The van der Waals surface area contributed by atoms with Gasteiger partial charge < -0.3 is 18.9 Å². The summed E-state index contributed by atoms with van der Waals surface area (Å²) in [7, 11) is 6.42. The molecule has 0 saturated heterocycles. The summed E-state index contributed by atoms with van der Waals surface area (Å²) in [5, 5.41) is 0. The lowest BCUT2D eigenvalue weighted by Crippen LogP contribution is -2.22. The number of ether oxygens (including phenoxy) is 4. The van der Waals surface area contributed by atoms with Crippen LogP contribution in [-0.2, 0) is 18.9 Å². The first-order valence-electron chi connectivity index (χ1n) is 5.89. The predicted molar refractivity (Wildman–Crippen MR) is 71.5 cm³/mol. The maximum absolute atomic E-state index is 5.19. The van der Waals surface area contributed by atoms with E-state index in [2.05, 4.69) is 0 Å². The van der Waals surface area contributed by atoms with E-state index in [1.54, 1.807) is 28.4 Å². The van der Waals surface area contributed by atoms with E-state index in [4.69, 9.17) is 18.9 Å². The van der Waals surface area contributed by atoms with E-state index in [1.807, 2.05) is 0 Å². The number of methoxy groups -OCH3 is 4. The summed E-state index contributed by atoms with van der Waals surface area (Å²) in [5.74, 6) is 0.200. The van der Waals surface area contributed by atoms with Crippen LogP contribution in [0.2, 0.25) is 12.1 Å². The molecule has 0 fully saturated rings. The molecule has 0 aromatic rings. The molecule has 0 saturated carbocycles. The third kappa shape index (κ3) is 8.43. The van der Waals surface area contributed by atoms with Crippen molar-refractivity contribution in [2.24, 2.45) is 0 Å². The molecule has 16 heavy (non-hydrogen) atoms. The standard InChI is InChI=1S/C10H26O4Si2/c1-11-9(12-2)15-7-5-6-8-16-10(13-3)14-4/h9-10H,5-8,15-16H2,1-4H3. The predicted octanol–water partition coefficient (Wildman–Crippen LogP) is 0.0936. The molecule has 0 aliphatic heterocycles. The average molecular weight is 266 g/mol. The molecule has 0 N–H and O–H groups in total. The monoisotopic (exact) mass is 266 g/mol. The third-order valence-electron chi connectivity index (χ3n) is 2.68. The van der Waals surface area contributed by atoms with Gasteiger partial charge in [0.25, 0.3) is 0 Å². The fourth-order valence-corrected chi connectivity index (χ4v) is 4.53. The van der Waals surface area contributed by atoms with Gasteiger partial charge in [0.05, 0.1) is 19.0 Å². The molecule has 0 spiro atoms. The molecule has 0 bridgehead atoms. The SMILES string of the molecule is COC(OC)[SiH2]CCCC[SiH2]C(OC)OC. The van der Waals surface area contributed by atoms with Gasteiger partial charge in [0.15, 0.2) is 0 Å². The Morgan fingerprint density at radius 3 is 1.25 bits per heavy atom. The van der Waals surface area contributed by atoms with Gasteiger partial charge in [-0.25, -0.2) is 0 Å². The van der Waals surface area contributed by atoms with Crippen molar-refractivity contribution < 1.29 is 18.9 Å². The minimum atomic E-state index is -0.224. The van der Waals surface area contributed by atoms with Gasteiger partial charge in [-0.15, -0.1) is 0 Å². The van der Waals surface area contributed by atoms with E-state index in [0.717, 1.165) is 0 Å². The lowest BCUT2D eigenvalue weighted by Gasteiger charge is -2.13. The Hall–Kier alpha value is 0.274. The fraction of sp³-hybridized carbons (Fsp3) is 1.00. The summed E-state index contributed by atoms with van der Waals surface area (Å²) in [6, 6.07) is 2.59. The Kier molecular flexibility index (Phi) is 12.0. The fourth-order valence-electron chi connectivity index (χ4n) is 1.64. The largest absolute Gasteiger partial charge is 0.360 e. The summed E-state index contributed by atoms with van der Waals surface area (Å²) in [5.41, 5.74) is 0. The first kappa shape index (κ1) is 16.3. The van der Waals surface area contributed by atoms with Gasteiger partial charge in [0.2, 0.25) is 0 Å². The minimum absolute atomic E-state index is 0.0999. The van der Waals surface area contributed by atoms with Gasteiger partial charge in [-0.3, -0.25) is 0 Å². The van der Waals surface area contributed by atoms with Crippen molar-refractivity contribution in [1.82, 2.24) is 0 Å². The van der Waals surface area contributed by atoms with Crippen LogP contribution in [0.1, 0.15) is 12.8 Å². The second-order valence-electron chi connectivity index (χ2n) is 3.79. The van der Waals surface area contributed by atoms with Gasteiger partial charge in [-0.05, 0) is 0 Å². The summed E-state index contributed by atoms with van der Waals surface area (Å²) < 4.78 is 20.7. The van der Waals surface area contributed by atoms with Crippen LogP contribution in [-0.4, -0.2) is 59.3 Å². The summed E-state index contributed by atoms with van der Waals surface area (Å²) in [4.78, 5) is 0. The van der Waals surface area contributed by atoms with Crippen molar-refractivity contribution in [1.29, 1.82) is 0 Å². The van der Waals surface area contributed by atoms with Crippen LogP contribution in [0.15, 0.2) is 0 Å². The van der Waals surface area contributed by atoms with E-state index >= 15 is 0 Å². The average Bonchev–Trinajstić information content (AvgIpc) is 2.33. The van der Waals surface area contributed by atoms with Crippen molar-refractivity contribution in [3.05, 3.63) is 0 Å². The second-order valence-corrected chi connectivity index (χ2v) is 7.70. The van der Waals surface area contributed by atoms with E-state index in [9.17, 15) is 0 Å². The Labute approximate surface area is 104 Å². The topological polar surface area (TPSA) is 36.9 Å². The number of unbranched alkanes of at least 4 members (excludes halogenated alkanes) is 1. The molecule has 4 nitrogen and oxygen atoms in total. The van der Waals surface area contributed by atoms with Gasteiger partial charge in [0, 0.05) is 28.4 Å². The first-order valence-corrected chi connectivity index (χ1v) is 9.53. The summed E-state index contributed by atoms with van der Waals surface area (Å²) >= 11 is 0. The van der Waals surface area contributed by atoms with Crippen LogP contribution in [0.5, 0.6) is 0 Å². The highest BCUT2D eigenvalue weighted by Gasteiger charge is 2.06. The number of rotatable bonds is 11. The van der Waals surface area contributed by atoms with E-state index in [0.29, 0.717) is 0 Å². The Balaban J connectivity index is 3.26. The molecule has 0 aliphatic rings. The molecule has 0 amide bonds. The molecule has 0 aliphatic carbocycles. The molecule has 0 atom stereocenters.